The van der Waals surface area contributed by atoms with E-state index >= 15 is 0 Å². The van der Waals surface area contributed by atoms with E-state index in [1.165, 1.54) is 24.1 Å². The van der Waals surface area contributed by atoms with Gasteiger partial charge in [-0.15, -0.1) is 0 Å². The lowest BCUT2D eigenvalue weighted by molar-refractivity contribution is -0.159. The van der Waals surface area contributed by atoms with E-state index in [0.29, 0.717) is 18.5 Å². The zero-order valence-corrected chi connectivity index (χ0v) is 17.5. The zero-order chi connectivity index (χ0) is 21.1. The minimum Gasteiger partial charge on any atom is -0.328 e. The van der Waals surface area contributed by atoms with Gasteiger partial charge in [-0.05, 0) is 49.4 Å². The molecule has 1 heterocycles. The Labute approximate surface area is 177 Å². The summed E-state index contributed by atoms with van der Waals surface area (Å²) < 4.78 is 13.5. The van der Waals surface area contributed by atoms with Crippen molar-refractivity contribution < 1.29 is 14.0 Å². The molecule has 2 aliphatic rings. The molecular weight excluding hydrogens is 379 g/mol. The molecule has 0 N–H and O–H groups in total. The number of amides is 2. The van der Waals surface area contributed by atoms with Crippen LogP contribution in [0.25, 0.3) is 0 Å². The smallest absolute Gasteiger partial charge is 0.250 e. The molecule has 0 radical (unpaired) electrons. The number of carbonyl (C=O) groups is 2. The molecule has 1 unspecified atom stereocenters. The Balaban J connectivity index is 1.59. The van der Waals surface area contributed by atoms with Crippen molar-refractivity contribution in [2.24, 2.45) is 0 Å². The van der Waals surface area contributed by atoms with Crippen LogP contribution in [0.4, 0.5) is 4.39 Å². The van der Waals surface area contributed by atoms with Crippen molar-refractivity contribution >= 4 is 11.8 Å². The van der Waals surface area contributed by atoms with E-state index in [4.69, 9.17) is 0 Å². The molecule has 1 atom stereocenters. The second-order valence-electron chi connectivity index (χ2n) is 8.53. The number of piperazine rings is 1. The molecule has 2 amide bonds. The summed E-state index contributed by atoms with van der Waals surface area (Å²) in [6.07, 6.45) is 5.98. The van der Waals surface area contributed by atoms with Crippen molar-refractivity contribution in [2.45, 2.75) is 57.5 Å². The Hall–Kier alpha value is -2.69. The third-order valence-corrected chi connectivity index (χ3v) is 6.42. The first-order chi connectivity index (χ1) is 14.5. The number of benzene rings is 2. The summed E-state index contributed by atoms with van der Waals surface area (Å²) in [6.45, 7) is 2.66. The third-order valence-electron chi connectivity index (χ3n) is 6.42. The van der Waals surface area contributed by atoms with Crippen LogP contribution in [0.5, 0.6) is 0 Å². The van der Waals surface area contributed by atoms with Gasteiger partial charge in [-0.2, -0.15) is 0 Å². The average molecular weight is 409 g/mol. The molecular formula is C25H29FN2O2. The van der Waals surface area contributed by atoms with Gasteiger partial charge >= 0.3 is 0 Å². The number of rotatable bonds is 5. The van der Waals surface area contributed by atoms with Crippen molar-refractivity contribution in [3.05, 3.63) is 71.0 Å². The van der Waals surface area contributed by atoms with Crippen LogP contribution in [0.1, 0.15) is 54.8 Å². The first-order valence-corrected chi connectivity index (χ1v) is 10.9. The monoisotopic (exact) mass is 408 g/mol. The van der Waals surface area contributed by atoms with Crippen LogP contribution in [-0.2, 0) is 16.0 Å². The predicted octanol–water partition coefficient (Wildman–Crippen LogP) is 4.42. The number of hydrogen-bond acceptors (Lipinski definition) is 2. The molecule has 4 rings (SSSR count). The van der Waals surface area contributed by atoms with Crippen LogP contribution in [-0.4, -0.2) is 40.7 Å². The highest BCUT2D eigenvalue weighted by molar-refractivity contribution is 5.95. The molecule has 0 aromatic heterocycles. The van der Waals surface area contributed by atoms with Crippen molar-refractivity contribution in [1.82, 2.24) is 9.80 Å². The molecule has 30 heavy (non-hydrogen) atoms. The van der Waals surface area contributed by atoms with Gasteiger partial charge in [-0.1, -0.05) is 61.2 Å². The van der Waals surface area contributed by atoms with Gasteiger partial charge in [0.25, 0.3) is 5.91 Å². The number of halogens is 1. The molecule has 1 aliphatic carbocycles. The van der Waals surface area contributed by atoms with E-state index in [1.54, 1.807) is 21.9 Å². The van der Waals surface area contributed by atoms with Crippen molar-refractivity contribution in [3.8, 4) is 0 Å². The van der Waals surface area contributed by atoms with Crippen LogP contribution in [0.15, 0.2) is 48.5 Å². The number of nitrogens with zero attached hydrogens (tertiary/aromatic N) is 2. The fourth-order valence-corrected chi connectivity index (χ4v) is 4.68. The van der Waals surface area contributed by atoms with Gasteiger partial charge in [-0.3, -0.25) is 9.59 Å². The van der Waals surface area contributed by atoms with Crippen molar-refractivity contribution in [1.29, 1.82) is 0 Å². The highest BCUT2D eigenvalue weighted by atomic mass is 19.1. The second kappa shape index (κ2) is 8.99. The molecule has 2 aromatic carbocycles. The maximum atomic E-state index is 13.6. The SMILES string of the molecule is Cc1ccc(CCN2C(=O)CN(C3CCCCC3)C(=O)C2c2ccc(F)cc2)cc1. The molecule has 158 valence electrons. The number of aryl methyl sites for hydroxylation is 1. The zero-order valence-electron chi connectivity index (χ0n) is 17.5. The summed E-state index contributed by atoms with van der Waals surface area (Å²) in [5.41, 5.74) is 3.00. The normalized spacial score (nSPS) is 20.7. The van der Waals surface area contributed by atoms with Gasteiger partial charge in [0, 0.05) is 12.6 Å². The van der Waals surface area contributed by atoms with Crippen LogP contribution < -0.4 is 0 Å². The van der Waals surface area contributed by atoms with E-state index in [0.717, 1.165) is 31.2 Å². The molecule has 1 saturated carbocycles. The van der Waals surface area contributed by atoms with Gasteiger partial charge in [-0.25, -0.2) is 4.39 Å². The topological polar surface area (TPSA) is 40.6 Å². The first kappa shape index (κ1) is 20.6. The molecule has 1 saturated heterocycles. The Morgan fingerprint density at radius 3 is 2.27 bits per heavy atom. The summed E-state index contributed by atoms with van der Waals surface area (Å²) >= 11 is 0. The van der Waals surface area contributed by atoms with E-state index in [2.05, 4.69) is 24.3 Å². The summed E-state index contributed by atoms with van der Waals surface area (Å²) in [6, 6.07) is 13.7. The highest BCUT2D eigenvalue weighted by Crippen LogP contribution is 2.32. The minimum atomic E-state index is -0.681. The van der Waals surface area contributed by atoms with Crippen LogP contribution in [0.3, 0.4) is 0 Å². The molecule has 2 fully saturated rings. The van der Waals surface area contributed by atoms with Crippen molar-refractivity contribution in [3.63, 3.8) is 0 Å². The van der Waals surface area contributed by atoms with E-state index in [-0.39, 0.29) is 30.2 Å². The Bertz CT molecular complexity index is 888. The fraction of sp³-hybridized carbons (Fsp3) is 0.440. The maximum Gasteiger partial charge on any atom is 0.250 e. The van der Waals surface area contributed by atoms with Crippen LogP contribution in [0.2, 0.25) is 0 Å². The molecule has 5 heteroatoms. The van der Waals surface area contributed by atoms with E-state index < -0.39 is 6.04 Å². The Morgan fingerprint density at radius 1 is 0.933 bits per heavy atom. The molecule has 4 nitrogen and oxygen atoms in total. The highest BCUT2D eigenvalue weighted by Gasteiger charge is 2.42. The van der Waals surface area contributed by atoms with Gasteiger partial charge in [0.2, 0.25) is 5.91 Å². The maximum absolute atomic E-state index is 13.6. The molecule has 2 aromatic rings. The van der Waals surface area contributed by atoms with Crippen LogP contribution >= 0.6 is 0 Å². The predicted molar refractivity (Wildman–Crippen MR) is 114 cm³/mol. The van der Waals surface area contributed by atoms with Crippen LogP contribution in [0, 0.1) is 12.7 Å². The lowest BCUT2D eigenvalue weighted by atomic mass is 9.91. The molecule has 1 aliphatic heterocycles. The van der Waals surface area contributed by atoms with Gasteiger partial charge in [0.05, 0.1) is 0 Å². The van der Waals surface area contributed by atoms with Gasteiger partial charge in [0.1, 0.15) is 18.4 Å². The largest absolute Gasteiger partial charge is 0.328 e. The van der Waals surface area contributed by atoms with Gasteiger partial charge < -0.3 is 9.80 Å². The standard InChI is InChI=1S/C25H29FN2O2/c1-18-7-9-19(10-8-18)15-16-27-23(29)17-28(22-5-3-2-4-6-22)25(30)24(27)20-11-13-21(26)14-12-20/h7-14,22,24H,2-6,15-17H2,1H3. The molecule has 0 spiro atoms. The quantitative estimate of drug-likeness (QED) is 0.735. The van der Waals surface area contributed by atoms with E-state index in [1.807, 2.05) is 6.92 Å². The number of carbonyl (C=O) groups excluding carboxylic acids is 2. The summed E-state index contributed by atoms with van der Waals surface area (Å²) in [5.74, 6) is -0.401. The lowest BCUT2D eigenvalue weighted by Gasteiger charge is -2.44. The first-order valence-electron chi connectivity index (χ1n) is 10.9. The summed E-state index contributed by atoms with van der Waals surface area (Å²) in [7, 11) is 0. The van der Waals surface area contributed by atoms with Crippen molar-refractivity contribution in [2.75, 3.05) is 13.1 Å². The molecule has 0 bridgehead atoms. The summed E-state index contributed by atoms with van der Waals surface area (Å²) in [4.78, 5) is 30.2. The minimum absolute atomic E-state index is 0.0263. The summed E-state index contributed by atoms with van der Waals surface area (Å²) in [5, 5.41) is 0. The average Bonchev–Trinajstić information content (AvgIpc) is 2.76. The van der Waals surface area contributed by atoms with E-state index in [9.17, 15) is 14.0 Å². The number of hydrogen-bond donors (Lipinski definition) is 0. The third kappa shape index (κ3) is 4.40. The Kier molecular flexibility index (Phi) is 6.16. The second-order valence-corrected chi connectivity index (χ2v) is 8.53. The fourth-order valence-electron chi connectivity index (χ4n) is 4.68. The Morgan fingerprint density at radius 2 is 1.60 bits per heavy atom. The van der Waals surface area contributed by atoms with Gasteiger partial charge in [0.15, 0.2) is 0 Å². The lowest BCUT2D eigenvalue weighted by Crippen LogP contribution is -2.58.